The van der Waals surface area contributed by atoms with Gasteiger partial charge in [0, 0.05) is 31.3 Å². The molecule has 9 heteroatoms. The first-order valence-electron chi connectivity index (χ1n) is 8.19. The highest BCUT2D eigenvalue weighted by atomic mass is 19.2. The summed E-state index contributed by atoms with van der Waals surface area (Å²) in [4.78, 5) is 29.2. The number of carbonyl (C=O) groups excluding carboxylic acids is 2. The van der Waals surface area contributed by atoms with Gasteiger partial charge < -0.3 is 20.9 Å². The molecule has 7 nitrogen and oxygen atoms in total. The minimum Gasteiger partial charge on any atom is -0.370 e. The summed E-state index contributed by atoms with van der Waals surface area (Å²) in [6.45, 7) is 1.22. The van der Waals surface area contributed by atoms with E-state index in [2.05, 4.69) is 4.98 Å². The molecule has 2 amide bonds. The molecule has 3 rings (SSSR count). The molecule has 0 fully saturated rings. The van der Waals surface area contributed by atoms with Crippen molar-refractivity contribution in [1.82, 2.24) is 14.5 Å². The first kappa shape index (κ1) is 18.0. The van der Waals surface area contributed by atoms with Gasteiger partial charge in [0.2, 0.25) is 11.8 Å². The molecule has 0 spiro atoms. The van der Waals surface area contributed by atoms with Crippen LogP contribution >= 0.6 is 0 Å². The molecule has 1 aromatic heterocycles. The summed E-state index contributed by atoms with van der Waals surface area (Å²) >= 11 is 0. The molecule has 4 N–H and O–H groups in total. The number of carbonyl (C=O) groups is 2. The van der Waals surface area contributed by atoms with Crippen molar-refractivity contribution < 1.29 is 18.4 Å². The third-order valence-electron chi connectivity index (χ3n) is 4.35. The summed E-state index contributed by atoms with van der Waals surface area (Å²) in [5.74, 6) is -2.00. The lowest BCUT2D eigenvalue weighted by Gasteiger charge is -2.29. The number of imidazole rings is 1. The predicted molar refractivity (Wildman–Crippen MR) is 89.4 cm³/mol. The lowest BCUT2D eigenvalue weighted by molar-refractivity contribution is -0.134. The first-order valence-corrected chi connectivity index (χ1v) is 8.19. The third-order valence-corrected chi connectivity index (χ3v) is 4.35. The number of nitrogens with zero attached hydrogens (tertiary/aromatic N) is 3. The Labute approximate surface area is 148 Å². The minimum atomic E-state index is -0.939. The van der Waals surface area contributed by atoms with Crippen molar-refractivity contribution >= 4 is 11.8 Å². The first-order chi connectivity index (χ1) is 12.3. The van der Waals surface area contributed by atoms with Crippen molar-refractivity contribution in [3.8, 4) is 11.3 Å². The molecule has 2 heterocycles. The van der Waals surface area contributed by atoms with Gasteiger partial charge in [-0.1, -0.05) is 0 Å². The second kappa shape index (κ2) is 7.20. The van der Waals surface area contributed by atoms with Crippen molar-refractivity contribution in [3.05, 3.63) is 41.9 Å². The Kier molecular flexibility index (Phi) is 4.99. The number of fused-ring (bicyclic) bond motifs is 1. The van der Waals surface area contributed by atoms with Gasteiger partial charge in [0.05, 0.1) is 18.3 Å². The topological polar surface area (TPSA) is 107 Å². The van der Waals surface area contributed by atoms with Crippen LogP contribution in [-0.4, -0.2) is 38.9 Å². The van der Waals surface area contributed by atoms with Crippen LogP contribution in [0.15, 0.2) is 24.4 Å². The van der Waals surface area contributed by atoms with Gasteiger partial charge in [-0.2, -0.15) is 0 Å². The number of rotatable bonds is 5. The van der Waals surface area contributed by atoms with E-state index in [1.807, 2.05) is 4.57 Å². The maximum Gasteiger partial charge on any atom is 0.239 e. The van der Waals surface area contributed by atoms with Gasteiger partial charge >= 0.3 is 0 Å². The van der Waals surface area contributed by atoms with Gasteiger partial charge in [-0.25, -0.2) is 13.8 Å². The zero-order chi connectivity index (χ0) is 18.8. The van der Waals surface area contributed by atoms with Crippen LogP contribution in [-0.2, 0) is 22.7 Å². The number of primary amides is 1. The Hall–Kier alpha value is -2.81. The Morgan fingerprint density at radius 1 is 1.23 bits per heavy atom. The summed E-state index contributed by atoms with van der Waals surface area (Å²) in [6.07, 6.45) is 1.99. The van der Waals surface area contributed by atoms with Crippen LogP contribution in [0.3, 0.4) is 0 Å². The van der Waals surface area contributed by atoms with E-state index in [1.165, 1.54) is 6.07 Å². The molecule has 2 aromatic rings. The number of benzene rings is 1. The molecular weight excluding hydrogens is 344 g/mol. The Balaban J connectivity index is 1.73. The summed E-state index contributed by atoms with van der Waals surface area (Å²) < 4.78 is 28.4. The van der Waals surface area contributed by atoms with Gasteiger partial charge in [0.25, 0.3) is 0 Å². The van der Waals surface area contributed by atoms with E-state index in [0.717, 1.165) is 12.1 Å². The SMILES string of the molecule is NC(=O)CC[C@H](N)C(=O)N1CCn2cc(-c3ccc(F)c(F)c3)nc2C1. The Bertz CT molecular complexity index is 852. The van der Waals surface area contributed by atoms with Crippen molar-refractivity contribution in [2.24, 2.45) is 11.5 Å². The molecule has 0 unspecified atom stereocenters. The lowest BCUT2D eigenvalue weighted by Crippen LogP contribution is -2.47. The summed E-state index contributed by atoms with van der Waals surface area (Å²) in [6, 6.07) is 2.80. The molecular formula is C17H19F2N5O2. The quantitative estimate of drug-likeness (QED) is 0.818. The number of hydrogen-bond acceptors (Lipinski definition) is 4. The van der Waals surface area contributed by atoms with E-state index in [-0.39, 0.29) is 25.3 Å². The van der Waals surface area contributed by atoms with Crippen molar-refractivity contribution in [3.63, 3.8) is 0 Å². The van der Waals surface area contributed by atoms with E-state index < -0.39 is 23.6 Å². The van der Waals surface area contributed by atoms with E-state index in [1.54, 1.807) is 11.1 Å². The molecule has 0 saturated carbocycles. The van der Waals surface area contributed by atoms with Crippen molar-refractivity contribution in [1.29, 1.82) is 0 Å². The van der Waals surface area contributed by atoms with Gasteiger partial charge in [0.1, 0.15) is 5.82 Å². The highest BCUT2D eigenvalue weighted by Gasteiger charge is 2.26. The highest BCUT2D eigenvalue weighted by molar-refractivity contribution is 5.82. The molecule has 138 valence electrons. The normalized spacial score (nSPS) is 14.8. The molecule has 26 heavy (non-hydrogen) atoms. The maximum absolute atomic E-state index is 13.4. The van der Waals surface area contributed by atoms with Crippen LogP contribution < -0.4 is 11.5 Å². The minimum absolute atomic E-state index is 0.0512. The molecule has 0 aliphatic carbocycles. The summed E-state index contributed by atoms with van der Waals surface area (Å²) in [5.41, 5.74) is 11.9. The number of nitrogens with two attached hydrogens (primary N) is 2. The largest absolute Gasteiger partial charge is 0.370 e. The van der Waals surface area contributed by atoms with Crippen LogP contribution in [0.25, 0.3) is 11.3 Å². The molecule has 1 aliphatic heterocycles. The fourth-order valence-electron chi connectivity index (χ4n) is 2.89. The maximum atomic E-state index is 13.4. The highest BCUT2D eigenvalue weighted by Crippen LogP contribution is 2.23. The van der Waals surface area contributed by atoms with E-state index in [0.29, 0.717) is 30.2 Å². The van der Waals surface area contributed by atoms with Crippen LogP contribution in [0.2, 0.25) is 0 Å². The number of hydrogen-bond donors (Lipinski definition) is 2. The Morgan fingerprint density at radius 3 is 2.69 bits per heavy atom. The third kappa shape index (κ3) is 3.72. The monoisotopic (exact) mass is 363 g/mol. The molecule has 1 atom stereocenters. The van der Waals surface area contributed by atoms with E-state index >= 15 is 0 Å². The molecule has 1 aromatic carbocycles. The molecule has 0 saturated heterocycles. The van der Waals surface area contributed by atoms with E-state index in [9.17, 15) is 18.4 Å². The number of halogens is 2. The van der Waals surface area contributed by atoms with E-state index in [4.69, 9.17) is 11.5 Å². The average Bonchev–Trinajstić information content (AvgIpc) is 3.04. The molecule has 1 aliphatic rings. The second-order valence-electron chi connectivity index (χ2n) is 6.24. The van der Waals surface area contributed by atoms with Crippen LogP contribution in [0.1, 0.15) is 18.7 Å². The van der Waals surface area contributed by atoms with Crippen LogP contribution in [0.5, 0.6) is 0 Å². The predicted octanol–water partition coefficient (Wildman–Crippen LogP) is 0.763. The van der Waals surface area contributed by atoms with Gasteiger partial charge in [-0.15, -0.1) is 0 Å². The fourth-order valence-corrected chi connectivity index (χ4v) is 2.89. The van der Waals surface area contributed by atoms with Crippen molar-refractivity contribution in [2.75, 3.05) is 6.54 Å². The fraction of sp³-hybridized carbons (Fsp3) is 0.353. The second-order valence-corrected chi connectivity index (χ2v) is 6.24. The van der Waals surface area contributed by atoms with Gasteiger partial charge in [-0.05, 0) is 24.6 Å². The molecule has 0 radical (unpaired) electrons. The Morgan fingerprint density at radius 2 is 2.00 bits per heavy atom. The smallest absolute Gasteiger partial charge is 0.239 e. The van der Waals surface area contributed by atoms with Crippen LogP contribution in [0, 0.1) is 11.6 Å². The number of amides is 2. The zero-order valence-electron chi connectivity index (χ0n) is 14.0. The summed E-state index contributed by atoms with van der Waals surface area (Å²) in [7, 11) is 0. The van der Waals surface area contributed by atoms with Gasteiger partial charge in [-0.3, -0.25) is 9.59 Å². The van der Waals surface area contributed by atoms with Gasteiger partial charge in [0.15, 0.2) is 11.6 Å². The number of aromatic nitrogens is 2. The zero-order valence-corrected chi connectivity index (χ0v) is 14.0. The average molecular weight is 363 g/mol. The van der Waals surface area contributed by atoms with Crippen molar-refractivity contribution in [2.45, 2.75) is 32.0 Å². The van der Waals surface area contributed by atoms with Crippen LogP contribution in [0.4, 0.5) is 8.78 Å². The standard InChI is InChI=1S/C17H19F2N5O2/c18-11-2-1-10(7-12(11)19)14-8-23-5-6-24(9-16(23)22-14)17(26)13(20)3-4-15(21)25/h1-2,7-8,13H,3-6,9,20H2,(H2,21,25)/t13-/m0/s1. The molecule has 0 bridgehead atoms. The summed E-state index contributed by atoms with van der Waals surface area (Å²) in [5, 5.41) is 0. The lowest BCUT2D eigenvalue weighted by atomic mass is 10.1.